The van der Waals surface area contributed by atoms with Crippen molar-refractivity contribution in [3.05, 3.63) is 57.6 Å². The summed E-state index contributed by atoms with van der Waals surface area (Å²) in [6, 6.07) is 12.2. The Balaban J connectivity index is 2.03. The number of benzene rings is 2. The van der Waals surface area contributed by atoms with E-state index in [1.165, 1.54) is 14.2 Å². The summed E-state index contributed by atoms with van der Waals surface area (Å²) in [5.74, 6) is -1.41. The zero-order valence-corrected chi connectivity index (χ0v) is 20.2. The first-order chi connectivity index (χ1) is 15.9. The van der Waals surface area contributed by atoms with E-state index in [-0.39, 0.29) is 33.7 Å². The maximum atomic E-state index is 13.4. The number of likely N-dealkylation sites (tertiary alicyclic amines) is 1. The molecule has 0 aromatic heterocycles. The van der Waals surface area contributed by atoms with Gasteiger partial charge in [0.15, 0.2) is 17.3 Å². The molecule has 0 radical (unpaired) electrons. The van der Waals surface area contributed by atoms with Crippen LogP contribution >= 0.6 is 23.2 Å². The van der Waals surface area contributed by atoms with Gasteiger partial charge >= 0.3 is 0 Å². The molecule has 1 fully saturated rings. The van der Waals surface area contributed by atoms with Crippen LogP contribution in [0.4, 0.5) is 0 Å². The number of ketones is 1. The van der Waals surface area contributed by atoms with Gasteiger partial charge in [-0.2, -0.15) is 5.26 Å². The maximum Gasteiger partial charge on any atom is 0.240 e. The number of ether oxygens (including phenoxy) is 2. The molecule has 0 N–H and O–H groups in total. The van der Waals surface area contributed by atoms with E-state index in [0.29, 0.717) is 30.2 Å². The summed E-state index contributed by atoms with van der Waals surface area (Å²) in [5, 5.41) is 10.5. The molecule has 1 saturated heterocycles. The van der Waals surface area contributed by atoms with Crippen LogP contribution in [-0.4, -0.2) is 43.9 Å². The topological polar surface area (TPSA) is 79.6 Å². The molecular weight excluding hydrogens is 463 g/mol. The minimum Gasteiger partial charge on any atom is -0.493 e. The summed E-state index contributed by atoms with van der Waals surface area (Å²) in [4.78, 5) is 28.4. The number of carbonyl (C=O) groups is 2. The van der Waals surface area contributed by atoms with E-state index >= 15 is 0 Å². The highest BCUT2D eigenvalue weighted by Crippen LogP contribution is 2.38. The third kappa shape index (κ3) is 5.61. The number of halogens is 2. The molecule has 0 aliphatic carbocycles. The molecule has 174 valence electrons. The van der Waals surface area contributed by atoms with E-state index in [1.807, 2.05) is 0 Å². The number of piperidine rings is 1. The van der Waals surface area contributed by atoms with E-state index in [9.17, 15) is 14.9 Å². The fraction of sp³-hybridized carbons (Fsp3) is 0.400. The maximum absolute atomic E-state index is 13.4. The van der Waals surface area contributed by atoms with Gasteiger partial charge in [0.25, 0.3) is 0 Å². The van der Waals surface area contributed by atoms with Crippen LogP contribution in [-0.2, 0) is 4.79 Å². The summed E-state index contributed by atoms with van der Waals surface area (Å²) in [6.07, 6.45) is 2.75. The van der Waals surface area contributed by atoms with Gasteiger partial charge in [-0.05, 0) is 49.1 Å². The van der Waals surface area contributed by atoms with Crippen LogP contribution in [0.15, 0.2) is 36.4 Å². The molecule has 6 nitrogen and oxygen atoms in total. The lowest BCUT2D eigenvalue weighted by Crippen LogP contribution is -2.41. The van der Waals surface area contributed by atoms with E-state index in [1.54, 1.807) is 41.3 Å². The Morgan fingerprint density at radius 1 is 1.03 bits per heavy atom. The van der Waals surface area contributed by atoms with Crippen molar-refractivity contribution >= 4 is 34.9 Å². The monoisotopic (exact) mass is 488 g/mol. The lowest BCUT2D eigenvalue weighted by atomic mass is 9.81. The van der Waals surface area contributed by atoms with Gasteiger partial charge in [0.1, 0.15) is 5.92 Å². The molecule has 8 heteroatoms. The van der Waals surface area contributed by atoms with Gasteiger partial charge < -0.3 is 14.4 Å². The standard InChI is InChI=1S/C25H26Cl2N2O4/c1-32-22-10-9-16(13-23(22)33-2)17(14-21(30)24-19(26)7-6-8-20(24)27)18(15-28)25(31)29-11-4-3-5-12-29/h6-10,13,17-18H,3-5,11-12,14H2,1-2H3/t17-,18-/m0/s1. The number of carbonyl (C=O) groups excluding carboxylic acids is 2. The Labute approximate surface area is 204 Å². The first kappa shape index (κ1) is 24.9. The number of amides is 1. The predicted molar refractivity (Wildman–Crippen MR) is 127 cm³/mol. The lowest BCUT2D eigenvalue weighted by Gasteiger charge is -2.31. The number of rotatable bonds is 8. The van der Waals surface area contributed by atoms with Crippen LogP contribution in [0.2, 0.25) is 10.0 Å². The van der Waals surface area contributed by atoms with Gasteiger partial charge in [-0.25, -0.2) is 0 Å². The molecule has 33 heavy (non-hydrogen) atoms. The Hall–Kier alpha value is -2.75. The first-order valence-electron chi connectivity index (χ1n) is 10.8. The molecule has 0 spiro atoms. The van der Waals surface area contributed by atoms with Crippen LogP contribution in [0.3, 0.4) is 0 Å². The van der Waals surface area contributed by atoms with E-state index in [0.717, 1.165) is 19.3 Å². The van der Waals surface area contributed by atoms with Crippen molar-refractivity contribution in [2.75, 3.05) is 27.3 Å². The van der Waals surface area contributed by atoms with Crippen molar-refractivity contribution in [1.82, 2.24) is 4.90 Å². The summed E-state index contributed by atoms with van der Waals surface area (Å²) in [5.41, 5.74) is 0.814. The highest BCUT2D eigenvalue weighted by molar-refractivity contribution is 6.39. The molecule has 2 atom stereocenters. The van der Waals surface area contributed by atoms with Crippen LogP contribution in [0.1, 0.15) is 47.5 Å². The van der Waals surface area contributed by atoms with Crippen molar-refractivity contribution in [2.45, 2.75) is 31.6 Å². The highest BCUT2D eigenvalue weighted by Gasteiger charge is 2.36. The molecule has 0 bridgehead atoms. The minimum atomic E-state index is -1.05. The molecule has 0 saturated carbocycles. The third-order valence-electron chi connectivity index (χ3n) is 5.96. The third-order valence-corrected chi connectivity index (χ3v) is 6.59. The summed E-state index contributed by atoms with van der Waals surface area (Å²) >= 11 is 12.5. The number of methoxy groups -OCH3 is 2. The van der Waals surface area contributed by atoms with Crippen LogP contribution in [0.5, 0.6) is 11.5 Å². The summed E-state index contributed by atoms with van der Waals surface area (Å²) in [7, 11) is 3.03. The molecule has 1 aliphatic heterocycles. The number of hydrogen-bond donors (Lipinski definition) is 0. The summed E-state index contributed by atoms with van der Waals surface area (Å²) < 4.78 is 10.7. The Bertz CT molecular complexity index is 1040. The Kier molecular flexibility index (Phi) is 8.60. The quantitative estimate of drug-likeness (QED) is 0.457. The fourth-order valence-corrected chi connectivity index (χ4v) is 4.81. The SMILES string of the molecule is COc1ccc([C@H](CC(=O)c2c(Cl)cccc2Cl)[C@H](C#N)C(=O)N2CCCCC2)cc1OC. The van der Waals surface area contributed by atoms with Gasteiger partial charge in [0, 0.05) is 25.4 Å². The number of hydrogen-bond acceptors (Lipinski definition) is 5. The zero-order valence-electron chi connectivity index (χ0n) is 18.6. The second-order valence-corrected chi connectivity index (χ2v) is 8.75. The number of Topliss-reactive ketones (excluding diaryl/α,β-unsaturated/α-hetero) is 1. The van der Waals surface area contributed by atoms with E-state index in [4.69, 9.17) is 32.7 Å². The van der Waals surface area contributed by atoms with Gasteiger partial charge in [0.2, 0.25) is 5.91 Å². The van der Waals surface area contributed by atoms with Crippen LogP contribution < -0.4 is 9.47 Å². The van der Waals surface area contributed by atoms with Gasteiger partial charge in [-0.1, -0.05) is 35.3 Å². The average molecular weight is 489 g/mol. The van der Waals surface area contributed by atoms with Crippen LogP contribution in [0, 0.1) is 17.2 Å². The van der Waals surface area contributed by atoms with Crippen molar-refractivity contribution in [3.63, 3.8) is 0 Å². The minimum absolute atomic E-state index is 0.114. The van der Waals surface area contributed by atoms with Gasteiger partial charge in [0.05, 0.1) is 35.9 Å². The number of nitrogens with zero attached hydrogens (tertiary/aromatic N) is 2. The van der Waals surface area contributed by atoms with E-state index in [2.05, 4.69) is 6.07 Å². The highest BCUT2D eigenvalue weighted by atomic mass is 35.5. The second kappa shape index (κ2) is 11.4. The fourth-order valence-electron chi connectivity index (χ4n) is 4.21. The summed E-state index contributed by atoms with van der Waals surface area (Å²) in [6.45, 7) is 1.22. The van der Waals surface area contributed by atoms with Crippen LogP contribution in [0.25, 0.3) is 0 Å². The molecule has 1 heterocycles. The average Bonchev–Trinajstić information content (AvgIpc) is 2.83. The number of nitriles is 1. The lowest BCUT2D eigenvalue weighted by molar-refractivity contribution is -0.135. The van der Waals surface area contributed by atoms with Crippen molar-refractivity contribution in [1.29, 1.82) is 5.26 Å². The van der Waals surface area contributed by atoms with Crippen molar-refractivity contribution < 1.29 is 19.1 Å². The van der Waals surface area contributed by atoms with Gasteiger partial charge in [-0.3, -0.25) is 9.59 Å². The van der Waals surface area contributed by atoms with E-state index < -0.39 is 11.8 Å². The normalized spacial score (nSPS) is 15.3. The largest absolute Gasteiger partial charge is 0.493 e. The molecular formula is C25H26Cl2N2O4. The molecule has 1 amide bonds. The Morgan fingerprint density at radius 2 is 1.67 bits per heavy atom. The first-order valence-corrected chi connectivity index (χ1v) is 11.5. The second-order valence-electron chi connectivity index (χ2n) is 7.94. The molecule has 2 aromatic rings. The predicted octanol–water partition coefficient (Wildman–Crippen LogP) is 5.52. The van der Waals surface area contributed by atoms with Gasteiger partial charge in [-0.15, -0.1) is 0 Å². The Morgan fingerprint density at radius 3 is 2.24 bits per heavy atom. The molecule has 0 unspecified atom stereocenters. The van der Waals surface area contributed by atoms with Crippen molar-refractivity contribution in [2.24, 2.45) is 5.92 Å². The molecule has 1 aliphatic rings. The smallest absolute Gasteiger partial charge is 0.240 e. The van der Waals surface area contributed by atoms with Crippen molar-refractivity contribution in [3.8, 4) is 17.6 Å². The molecule has 2 aromatic carbocycles. The molecule has 3 rings (SSSR count). The zero-order chi connectivity index (χ0) is 24.0.